The minimum atomic E-state index is -2.09. The van der Waals surface area contributed by atoms with E-state index in [0.717, 1.165) is 24.4 Å². The van der Waals surface area contributed by atoms with Crippen molar-refractivity contribution < 1.29 is 0 Å². The molecule has 6 heteroatoms. The predicted octanol–water partition coefficient (Wildman–Crippen LogP) is 4.00. The minimum absolute atomic E-state index is 0.735. The molecule has 3 heterocycles. The van der Waals surface area contributed by atoms with E-state index in [-0.39, 0.29) is 0 Å². The van der Waals surface area contributed by atoms with E-state index < -0.39 is 56.0 Å². The van der Waals surface area contributed by atoms with Crippen molar-refractivity contribution in [3.63, 3.8) is 0 Å². The predicted molar refractivity (Wildman–Crippen MR) is 105 cm³/mol. The summed E-state index contributed by atoms with van der Waals surface area (Å²) in [5, 5.41) is 0. The maximum atomic E-state index is 3.14. The summed E-state index contributed by atoms with van der Waals surface area (Å²) < 4.78 is 9.43. The second-order valence-electron chi connectivity index (χ2n) is 10.7. The van der Waals surface area contributed by atoms with Crippen LogP contribution in [0.4, 0.5) is 0 Å². The first-order chi connectivity index (χ1) is 9.82. The van der Waals surface area contributed by atoms with E-state index in [1.54, 1.807) is 0 Å². The first kappa shape index (κ1) is 19.0. The zero-order valence-corrected chi connectivity index (χ0v) is 24.8. The van der Waals surface area contributed by atoms with Gasteiger partial charge >= 0.3 is 153 Å². The molecule has 3 saturated heterocycles. The second-order valence-corrected chi connectivity index (χ2v) is 52.3. The molecule has 3 nitrogen and oxygen atoms in total. The molecule has 0 aromatic rings. The van der Waals surface area contributed by atoms with Crippen LogP contribution < -0.4 is 0 Å². The summed E-state index contributed by atoms with van der Waals surface area (Å²) in [6, 6.07) is 2.79. The Balaban J connectivity index is 2.09. The fraction of sp³-hybridized carbons (Fsp3) is 1.00. The van der Waals surface area contributed by atoms with Crippen LogP contribution in [0.2, 0.25) is 44.5 Å². The molecule has 128 valence electrons. The van der Waals surface area contributed by atoms with Gasteiger partial charge in [-0.2, -0.15) is 0 Å². The molecule has 0 aromatic heterocycles. The molecule has 1 aliphatic carbocycles. The summed E-state index contributed by atoms with van der Waals surface area (Å²) in [6.07, 6.45) is 5.20. The van der Waals surface area contributed by atoms with Crippen LogP contribution >= 0.6 is 0 Å². The van der Waals surface area contributed by atoms with Gasteiger partial charge < -0.3 is 0 Å². The molecule has 4 bridgehead atoms. The van der Waals surface area contributed by atoms with E-state index in [9.17, 15) is 0 Å². The van der Waals surface area contributed by atoms with Gasteiger partial charge in [-0.3, -0.25) is 0 Å². The molecule has 0 N–H and O–H groups in total. The third kappa shape index (κ3) is 3.18. The van der Waals surface area contributed by atoms with Crippen LogP contribution in [0.1, 0.15) is 19.3 Å². The first-order valence-corrected chi connectivity index (χ1v) is 38.7. The average molecular weight is 628 g/mol. The third-order valence-electron chi connectivity index (χ3n) is 5.88. The molecular formula is C16H37N3Sn3. The van der Waals surface area contributed by atoms with Crippen LogP contribution in [-0.2, 0) is 0 Å². The molecule has 0 spiro atoms. The maximum absolute atomic E-state index is 3.14. The molecule has 4 fully saturated rings. The number of hydrogen-bond acceptors (Lipinski definition) is 3. The molecule has 0 radical (unpaired) electrons. The second kappa shape index (κ2) is 5.89. The Hall–Kier alpha value is 2.28. The summed E-state index contributed by atoms with van der Waals surface area (Å²) >= 11 is -6.27. The molecule has 0 amide bonds. The molecule has 0 atom stereocenters. The Morgan fingerprint density at radius 1 is 0.500 bits per heavy atom. The Labute approximate surface area is 151 Å². The first-order valence-electron chi connectivity index (χ1n) is 9.17. The van der Waals surface area contributed by atoms with Crippen LogP contribution in [0.15, 0.2) is 0 Å². The Morgan fingerprint density at radius 3 is 0.909 bits per heavy atom. The molecule has 3 aliphatic heterocycles. The zero-order chi connectivity index (χ0) is 16.7. The van der Waals surface area contributed by atoms with Gasteiger partial charge in [-0.1, -0.05) is 0 Å². The van der Waals surface area contributed by atoms with Crippen molar-refractivity contribution in [2.24, 2.45) is 0 Å². The summed E-state index contributed by atoms with van der Waals surface area (Å²) in [5.41, 5.74) is 0. The molecule has 1 saturated carbocycles. The number of hydrogen-bond donors (Lipinski definition) is 0. The summed E-state index contributed by atoms with van der Waals surface area (Å²) in [5.74, 6) is 0. The van der Waals surface area contributed by atoms with Gasteiger partial charge in [0, 0.05) is 0 Å². The van der Waals surface area contributed by atoms with Gasteiger partial charge in [0.25, 0.3) is 0 Å². The fourth-order valence-corrected chi connectivity index (χ4v) is 27.6. The van der Waals surface area contributed by atoms with E-state index in [0.29, 0.717) is 0 Å². The van der Waals surface area contributed by atoms with E-state index in [1.807, 2.05) is 0 Å². The van der Waals surface area contributed by atoms with Gasteiger partial charge in [-0.15, -0.1) is 0 Å². The monoisotopic (exact) mass is 631 g/mol. The molecule has 4 rings (SSSR count). The van der Waals surface area contributed by atoms with Crippen molar-refractivity contribution in [2.45, 2.75) is 88.1 Å². The Kier molecular flexibility index (Phi) is 5.10. The van der Waals surface area contributed by atoms with Crippen molar-refractivity contribution in [2.75, 3.05) is 0 Å². The van der Waals surface area contributed by atoms with Crippen LogP contribution in [0.5, 0.6) is 0 Å². The van der Waals surface area contributed by atoms with Crippen LogP contribution in [0.3, 0.4) is 0 Å². The molecular weight excluding hydrogens is 590 g/mol. The van der Waals surface area contributed by atoms with Gasteiger partial charge in [-0.05, 0) is 0 Å². The van der Waals surface area contributed by atoms with Gasteiger partial charge in [0.15, 0.2) is 0 Å². The molecule has 0 aromatic carbocycles. The molecule has 22 heavy (non-hydrogen) atoms. The van der Waals surface area contributed by atoms with Crippen LogP contribution in [0.25, 0.3) is 0 Å². The van der Waals surface area contributed by atoms with Crippen molar-refractivity contribution in [3.8, 4) is 0 Å². The molecule has 4 aliphatic rings. The van der Waals surface area contributed by atoms with E-state index in [2.05, 4.69) is 53.8 Å². The van der Waals surface area contributed by atoms with Gasteiger partial charge in [-0.25, -0.2) is 0 Å². The van der Waals surface area contributed by atoms with Crippen molar-refractivity contribution >= 4 is 56.0 Å². The van der Waals surface area contributed by atoms with Gasteiger partial charge in [0.1, 0.15) is 0 Å². The van der Waals surface area contributed by atoms with E-state index >= 15 is 0 Å². The topological polar surface area (TPSA) is 9.72 Å². The van der Waals surface area contributed by atoms with E-state index in [1.165, 1.54) is 19.3 Å². The van der Waals surface area contributed by atoms with Gasteiger partial charge in [0.05, 0.1) is 0 Å². The van der Waals surface area contributed by atoms with Crippen molar-refractivity contribution in [1.82, 2.24) is 9.36 Å². The summed E-state index contributed by atoms with van der Waals surface area (Å²) in [6.45, 7) is 0. The average Bonchev–Trinajstić information content (AvgIpc) is 2.21. The van der Waals surface area contributed by atoms with Crippen molar-refractivity contribution in [1.29, 1.82) is 0 Å². The summed E-state index contributed by atoms with van der Waals surface area (Å²) in [7, 11) is 0. The Morgan fingerprint density at radius 2 is 0.727 bits per heavy atom. The zero-order valence-electron chi connectivity index (χ0n) is 16.3. The quantitative estimate of drug-likeness (QED) is 0.439. The normalized spacial score (nSPS) is 38.0. The van der Waals surface area contributed by atoms with Crippen LogP contribution in [-0.4, -0.2) is 89.7 Å². The Bertz CT molecular complexity index is 376. The molecule has 0 unspecified atom stereocenters. The van der Waals surface area contributed by atoms with Crippen molar-refractivity contribution in [3.05, 3.63) is 0 Å². The fourth-order valence-electron chi connectivity index (χ4n) is 5.56. The number of rotatable bonds is 3. The van der Waals surface area contributed by atoms with E-state index in [4.69, 9.17) is 0 Å². The van der Waals surface area contributed by atoms with Crippen LogP contribution in [0, 0.1) is 0 Å². The summed E-state index contributed by atoms with van der Waals surface area (Å²) in [4.78, 5) is 23.9. The SMILES string of the molecule is [CH3][Sn]([CH3])([CH3])[N]1C2CC3CC(C2)[N]([Sn]([CH3])([CH3])[CH3])C1[N]3[Sn]([CH3])([CH3])[CH3]. The number of nitrogens with zero attached hydrogens (tertiary/aromatic N) is 3. The van der Waals surface area contributed by atoms with Gasteiger partial charge in [0.2, 0.25) is 0 Å². The third-order valence-corrected chi connectivity index (χ3v) is 24.3. The standard InChI is InChI=1S/C7H10N3.9CH3.3Sn/c1-4-2-6-3-5(1)9-7(8-4)10-6;;;;;;;;;;;;/h4-7H,1-3H2;9*1H3;;;/q-3;;;;;;;;;;3*+1.